The van der Waals surface area contributed by atoms with E-state index in [1.54, 1.807) is 19.2 Å². The Balaban J connectivity index is 1.36. The van der Waals surface area contributed by atoms with Crippen molar-refractivity contribution in [3.05, 3.63) is 89.5 Å². The molecule has 1 fully saturated rings. The van der Waals surface area contributed by atoms with Gasteiger partial charge in [0.25, 0.3) is 0 Å². The molecule has 3 aromatic carbocycles. The van der Waals surface area contributed by atoms with Crippen LogP contribution in [0.5, 0.6) is 17.2 Å². The van der Waals surface area contributed by atoms with Crippen molar-refractivity contribution >= 4 is 11.6 Å². The molecule has 0 unspecified atom stereocenters. The van der Waals surface area contributed by atoms with Gasteiger partial charge in [0.05, 0.1) is 26.5 Å². The largest absolute Gasteiger partial charge is 0.493 e. The van der Waals surface area contributed by atoms with Crippen molar-refractivity contribution in [2.45, 2.75) is 38.8 Å². The fraction of sp³-hybridized carbons (Fsp3) is 0.333. The van der Waals surface area contributed by atoms with Gasteiger partial charge < -0.3 is 14.2 Å². The lowest BCUT2D eigenvalue weighted by atomic mass is 9.73. The first kappa shape index (κ1) is 23.9. The molecule has 0 aromatic heterocycles. The van der Waals surface area contributed by atoms with E-state index in [4.69, 9.17) is 19.3 Å². The van der Waals surface area contributed by atoms with Gasteiger partial charge in [-0.05, 0) is 54.3 Å². The van der Waals surface area contributed by atoms with Crippen molar-refractivity contribution in [3.8, 4) is 17.2 Å². The maximum absolute atomic E-state index is 13.4. The molecule has 186 valence electrons. The minimum Gasteiger partial charge on any atom is -0.493 e. The van der Waals surface area contributed by atoms with Gasteiger partial charge in [-0.1, -0.05) is 55.3 Å². The number of hydrogen-bond donors (Lipinski definition) is 0. The molecule has 5 rings (SSSR count). The zero-order chi connectivity index (χ0) is 24.9. The number of fused-ring (bicyclic) bond motifs is 1. The number of nitrogens with zero attached hydrogens (tertiary/aromatic N) is 2. The van der Waals surface area contributed by atoms with Gasteiger partial charge in [-0.2, -0.15) is 5.10 Å². The second-order valence-corrected chi connectivity index (χ2v) is 9.37. The maximum atomic E-state index is 13.4. The number of methoxy groups -OCH3 is 2. The number of carbonyl (C=O) groups excluding carboxylic acids is 1. The van der Waals surface area contributed by atoms with Crippen LogP contribution in [0.4, 0.5) is 0 Å². The minimum absolute atomic E-state index is 0.0344. The minimum atomic E-state index is -0.0344. The summed E-state index contributed by atoms with van der Waals surface area (Å²) in [5.74, 6) is 2.37. The predicted molar refractivity (Wildman–Crippen MR) is 139 cm³/mol. The van der Waals surface area contributed by atoms with Crippen LogP contribution in [-0.2, 0) is 17.9 Å². The summed E-state index contributed by atoms with van der Waals surface area (Å²) in [6.45, 7) is 0.949. The fourth-order valence-electron chi connectivity index (χ4n) is 5.18. The van der Waals surface area contributed by atoms with E-state index >= 15 is 0 Å². The number of rotatable bonds is 8. The third kappa shape index (κ3) is 5.08. The third-order valence-corrected chi connectivity index (χ3v) is 7.10. The molecule has 0 radical (unpaired) electrons. The van der Waals surface area contributed by atoms with Crippen LogP contribution in [0.15, 0.2) is 77.9 Å². The summed E-state index contributed by atoms with van der Waals surface area (Å²) in [5, 5.41) is 6.57. The Morgan fingerprint density at radius 1 is 0.833 bits per heavy atom. The molecule has 1 saturated carbocycles. The predicted octanol–water partition coefficient (Wildman–Crippen LogP) is 5.84. The Labute approximate surface area is 212 Å². The summed E-state index contributed by atoms with van der Waals surface area (Å²) in [4.78, 5) is 13.4. The Kier molecular flexibility index (Phi) is 7.21. The lowest BCUT2D eigenvalue weighted by Crippen LogP contribution is -2.45. The number of carbonyl (C=O) groups is 1. The Morgan fingerprint density at radius 3 is 2.28 bits per heavy atom. The maximum Gasteiger partial charge on any atom is 0.246 e. The van der Waals surface area contributed by atoms with Crippen molar-refractivity contribution in [2.24, 2.45) is 16.9 Å². The van der Waals surface area contributed by atoms with Gasteiger partial charge in [0, 0.05) is 17.4 Å². The van der Waals surface area contributed by atoms with Crippen LogP contribution in [0.2, 0.25) is 0 Å². The van der Waals surface area contributed by atoms with Crippen LogP contribution in [0.1, 0.15) is 42.4 Å². The van der Waals surface area contributed by atoms with Crippen LogP contribution in [0.3, 0.4) is 0 Å². The summed E-state index contributed by atoms with van der Waals surface area (Å²) in [6.07, 6.45) is 4.07. The van der Waals surface area contributed by atoms with E-state index < -0.39 is 0 Å². The number of hydrogen-bond acceptors (Lipinski definition) is 5. The standard InChI is InChI=1S/C30H32N2O4/c1-34-27-17-14-23(18-28(27)35-2)29-25-10-6-7-11-26(25)30(33)32(31-29)19-21-12-15-24(16-13-21)36-20-22-8-4-3-5-9-22/h3-5,8-9,12-18,25-26H,6-7,10-11,19-20H2,1-2H3/t25-,26+/m1/s1. The van der Waals surface area contributed by atoms with Gasteiger partial charge in [0.15, 0.2) is 11.5 Å². The number of benzene rings is 3. The van der Waals surface area contributed by atoms with Gasteiger partial charge in [-0.25, -0.2) is 5.01 Å². The monoisotopic (exact) mass is 484 g/mol. The van der Waals surface area contributed by atoms with E-state index in [0.29, 0.717) is 24.7 Å². The van der Waals surface area contributed by atoms with Crippen LogP contribution in [-0.4, -0.2) is 30.8 Å². The lowest BCUT2D eigenvalue weighted by molar-refractivity contribution is -0.139. The van der Waals surface area contributed by atoms with Crippen LogP contribution >= 0.6 is 0 Å². The average molecular weight is 485 g/mol. The highest BCUT2D eigenvalue weighted by Gasteiger charge is 2.41. The van der Waals surface area contributed by atoms with Crippen molar-refractivity contribution in [1.29, 1.82) is 0 Å². The number of amides is 1. The third-order valence-electron chi connectivity index (χ3n) is 7.10. The van der Waals surface area contributed by atoms with Crippen molar-refractivity contribution in [3.63, 3.8) is 0 Å². The molecule has 0 N–H and O–H groups in total. The first-order chi connectivity index (χ1) is 17.7. The second-order valence-electron chi connectivity index (χ2n) is 9.37. The quantitative estimate of drug-likeness (QED) is 0.403. The van der Waals surface area contributed by atoms with E-state index in [1.807, 2.05) is 72.8 Å². The second kappa shape index (κ2) is 10.9. The Morgan fingerprint density at radius 2 is 1.56 bits per heavy atom. The summed E-state index contributed by atoms with van der Waals surface area (Å²) in [5.41, 5.74) is 4.08. The average Bonchev–Trinajstić information content (AvgIpc) is 2.94. The summed E-state index contributed by atoms with van der Waals surface area (Å²) < 4.78 is 16.9. The fourth-order valence-corrected chi connectivity index (χ4v) is 5.18. The lowest BCUT2D eigenvalue weighted by Gasteiger charge is -2.38. The molecule has 1 heterocycles. The molecular formula is C30H32N2O4. The molecule has 1 amide bonds. The number of hydrazone groups is 1. The molecule has 0 spiro atoms. The summed E-state index contributed by atoms with van der Waals surface area (Å²) >= 11 is 0. The van der Waals surface area contributed by atoms with Crippen LogP contribution in [0.25, 0.3) is 0 Å². The highest BCUT2D eigenvalue weighted by Crippen LogP contribution is 2.39. The Bertz CT molecular complexity index is 1220. The molecule has 0 saturated heterocycles. The Hall–Kier alpha value is -3.80. The molecule has 6 nitrogen and oxygen atoms in total. The number of ether oxygens (including phenoxy) is 3. The molecule has 2 atom stereocenters. The molecule has 1 aliphatic carbocycles. The SMILES string of the molecule is COc1ccc(C2=NN(Cc3ccc(OCc4ccccc4)cc3)C(=O)[C@H]3CCCC[C@@H]23)cc1OC. The molecule has 6 heteroatoms. The van der Waals surface area contributed by atoms with E-state index in [-0.39, 0.29) is 17.7 Å². The molecule has 2 aliphatic rings. The molecule has 3 aromatic rings. The van der Waals surface area contributed by atoms with Crippen molar-refractivity contribution in [2.75, 3.05) is 14.2 Å². The van der Waals surface area contributed by atoms with E-state index in [2.05, 4.69) is 0 Å². The molecule has 1 aliphatic heterocycles. The van der Waals surface area contributed by atoms with Crippen LogP contribution in [0, 0.1) is 11.8 Å². The topological polar surface area (TPSA) is 60.4 Å². The molecular weight excluding hydrogens is 452 g/mol. The smallest absolute Gasteiger partial charge is 0.246 e. The van der Waals surface area contributed by atoms with Gasteiger partial charge in [-0.15, -0.1) is 0 Å². The van der Waals surface area contributed by atoms with Gasteiger partial charge in [0.1, 0.15) is 12.4 Å². The van der Waals surface area contributed by atoms with E-state index in [0.717, 1.165) is 53.8 Å². The highest BCUT2D eigenvalue weighted by molar-refractivity contribution is 6.07. The van der Waals surface area contributed by atoms with Crippen molar-refractivity contribution in [1.82, 2.24) is 5.01 Å². The summed E-state index contributed by atoms with van der Waals surface area (Å²) in [6, 6.07) is 23.9. The highest BCUT2D eigenvalue weighted by atomic mass is 16.5. The van der Waals surface area contributed by atoms with E-state index in [1.165, 1.54) is 0 Å². The van der Waals surface area contributed by atoms with Crippen LogP contribution < -0.4 is 14.2 Å². The van der Waals surface area contributed by atoms with E-state index in [9.17, 15) is 4.79 Å². The zero-order valence-corrected chi connectivity index (χ0v) is 20.9. The zero-order valence-electron chi connectivity index (χ0n) is 20.9. The van der Waals surface area contributed by atoms with Crippen molar-refractivity contribution < 1.29 is 19.0 Å². The normalized spacial score (nSPS) is 19.3. The first-order valence-electron chi connectivity index (χ1n) is 12.5. The molecule has 36 heavy (non-hydrogen) atoms. The van der Waals surface area contributed by atoms with Gasteiger partial charge >= 0.3 is 0 Å². The first-order valence-corrected chi connectivity index (χ1v) is 12.5. The summed E-state index contributed by atoms with van der Waals surface area (Å²) in [7, 11) is 3.27. The van der Waals surface area contributed by atoms with Gasteiger partial charge in [0.2, 0.25) is 5.91 Å². The van der Waals surface area contributed by atoms with Gasteiger partial charge in [-0.3, -0.25) is 4.79 Å². The molecule has 0 bridgehead atoms.